The van der Waals surface area contributed by atoms with Crippen LogP contribution in [0, 0.1) is 13.8 Å². The Kier molecular flexibility index (Phi) is 5.34. The lowest BCUT2D eigenvalue weighted by atomic mass is 10.1. The van der Waals surface area contributed by atoms with Crippen molar-refractivity contribution < 1.29 is 9.47 Å². The minimum atomic E-state index is -0.0820. The molecule has 136 valence electrons. The molecule has 2 aromatic rings. The number of hydrogen-bond donors (Lipinski definition) is 1. The van der Waals surface area contributed by atoms with Crippen LogP contribution in [-0.2, 0) is 11.3 Å². The first-order valence-electron chi connectivity index (χ1n) is 8.74. The molecule has 1 N–H and O–H groups in total. The topological polar surface area (TPSA) is 76.2 Å². The van der Waals surface area contributed by atoms with E-state index in [1.807, 2.05) is 13.1 Å². The second-order valence-corrected chi connectivity index (χ2v) is 6.87. The molecular formula is C18H27N5O2. The molecular weight excluding hydrogens is 318 g/mol. The van der Waals surface area contributed by atoms with Gasteiger partial charge in [-0.25, -0.2) is 4.98 Å². The summed E-state index contributed by atoms with van der Waals surface area (Å²) < 4.78 is 11.4. The van der Waals surface area contributed by atoms with Crippen molar-refractivity contribution in [1.82, 2.24) is 25.1 Å². The molecule has 0 aliphatic carbocycles. The molecule has 0 spiro atoms. The van der Waals surface area contributed by atoms with Gasteiger partial charge in [-0.15, -0.1) is 0 Å². The van der Waals surface area contributed by atoms with Crippen LogP contribution in [0.1, 0.15) is 54.3 Å². The summed E-state index contributed by atoms with van der Waals surface area (Å²) in [6.45, 7) is 11.3. The Hall–Kier alpha value is -1.99. The number of rotatable bonds is 5. The highest BCUT2D eigenvalue weighted by Crippen LogP contribution is 2.26. The SMILES string of the molecule is COc1c(C)cnc(CN2CCO[C@@H](c3nc(C(C)C)n[nH]3)C2)c1C. The quantitative estimate of drug-likeness (QED) is 0.897. The van der Waals surface area contributed by atoms with E-state index >= 15 is 0 Å². The van der Waals surface area contributed by atoms with Gasteiger partial charge < -0.3 is 9.47 Å². The van der Waals surface area contributed by atoms with Crippen LogP contribution in [0.5, 0.6) is 5.75 Å². The van der Waals surface area contributed by atoms with Crippen molar-refractivity contribution in [3.05, 3.63) is 34.7 Å². The van der Waals surface area contributed by atoms with Gasteiger partial charge in [-0.3, -0.25) is 15.0 Å². The van der Waals surface area contributed by atoms with E-state index in [1.54, 1.807) is 7.11 Å². The third kappa shape index (κ3) is 3.82. The highest BCUT2D eigenvalue weighted by Gasteiger charge is 2.26. The van der Waals surface area contributed by atoms with Crippen LogP contribution in [0.3, 0.4) is 0 Å². The Balaban J connectivity index is 1.71. The molecule has 3 rings (SSSR count). The summed E-state index contributed by atoms with van der Waals surface area (Å²) in [5, 5.41) is 7.31. The number of H-pyrrole nitrogens is 1. The van der Waals surface area contributed by atoms with Gasteiger partial charge in [-0.2, -0.15) is 5.10 Å². The molecule has 0 saturated carbocycles. The predicted octanol–water partition coefficient (Wildman–Crippen LogP) is 2.52. The molecule has 2 aromatic heterocycles. The van der Waals surface area contributed by atoms with Gasteiger partial charge in [0.1, 0.15) is 11.9 Å². The normalized spacial score (nSPS) is 18.7. The molecule has 0 amide bonds. The van der Waals surface area contributed by atoms with Crippen molar-refractivity contribution >= 4 is 0 Å². The van der Waals surface area contributed by atoms with E-state index in [0.717, 1.165) is 53.9 Å². The standard InChI is InChI=1S/C18H27N5O2/c1-11(2)17-20-18(22-21-17)15-10-23(6-7-25-15)9-14-13(4)16(24-5)12(3)8-19-14/h8,11,15H,6-7,9-10H2,1-5H3,(H,20,21,22)/t15-/m1/s1. The zero-order chi connectivity index (χ0) is 18.0. The van der Waals surface area contributed by atoms with E-state index in [9.17, 15) is 0 Å². The summed E-state index contributed by atoms with van der Waals surface area (Å²) >= 11 is 0. The molecule has 1 atom stereocenters. The lowest BCUT2D eigenvalue weighted by molar-refractivity contribution is -0.0375. The van der Waals surface area contributed by atoms with Gasteiger partial charge in [0.25, 0.3) is 0 Å². The molecule has 0 unspecified atom stereocenters. The van der Waals surface area contributed by atoms with Crippen LogP contribution in [0.4, 0.5) is 0 Å². The highest BCUT2D eigenvalue weighted by atomic mass is 16.5. The Bertz CT molecular complexity index is 728. The zero-order valence-electron chi connectivity index (χ0n) is 15.7. The summed E-state index contributed by atoms with van der Waals surface area (Å²) in [6.07, 6.45) is 1.80. The first-order valence-corrected chi connectivity index (χ1v) is 8.74. The van der Waals surface area contributed by atoms with E-state index in [0.29, 0.717) is 12.5 Å². The molecule has 7 heteroatoms. The number of hydrogen-bond acceptors (Lipinski definition) is 6. The molecule has 3 heterocycles. The Morgan fingerprint density at radius 3 is 2.88 bits per heavy atom. The van der Waals surface area contributed by atoms with Gasteiger partial charge in [-0.1, -0.05) is 13.8 Å². The average molecular weight is 345 g/mol. The summed E-state index contributed by atoms with van der Waals surface area (Å²) in [5.74, 6) is 2.86. The fraction of sp³-hybridized carbons (Fsp3) is 0.611. The Labute approximate surface area is 148 Å². The molecule has 0 radical (unpaired) electrons. The van der Waals surface area contributed by atoms with Gasteiger partial charge in [0.2, 0.25) is 0 Å². The van der Waals surface area contributed by atoms with Crippen LogP contribution in [-0.4, -0.2) is 51.9 Å². The molecule has 1 saturated heterocycles. The fourth-order valence-electron chi connectivity index (χ4n) is 3.14. The van der Waals surface area contributed by atoms with Crippen molar-refractivity contribution in [3.63, 3.8) is 0 Å². The van der Waals surface area contributed by atoms with Crippen LogP contribution in [0.15, 0.2) is 6.20 Å². The van der Waals surface area contributed by atoms with Gasteiger partial charge in [0.15, 0.2) is 11.6 Å². The van der Waals surface area contributed by atoms with Crippen LogP contribution in [0.25, 0.3) is 0 Å². The fourth-order valence-corrected chi connectivity index (χ4v) is 3.14. The Morgan fingerprint density at radius 2 is 2.20 bits per heavy atom. The Morgan fingerprint density at radius 1 is 1.40 bits per heavy atom. The van der Waals surface area contributed by atoms with Crippen molar-refractivity contribution in [3.8, 4) is 5.75 Å². The molecule has 1 aliphatic rings. The maximum absolute atomic E-state index is 5.90. The number of morpholine rings is 1. The minimum Gasteiger partial charge on any atom is -0.496 e. The number of pyridine rings is 1. The molecule has 0 bridgehead atoms. The summed E-state index contributed by atoms with van der Waals surface area (Å²) in [5.41, 5.74) is 3.21. The first-order chi connectivity index (χ1) is 12.0. The van der Waals surface area contributed by atoms with Crippen LogP contribution in [0.2, 0.25) is 0 Å². The van der Waals surface area contributed by atoms with Crippen molar-refractivity contribution in [2.24, 2.45) is 0 Å². The van der Waals surface area contributed by atoms with Gasteiger partial charge in [0.05, 0.1) is 19.4 Å². The summed E-state index contributed by atoms with van der Waals surface area (Å²) in [6, 6.07) is 0. The molecule has 0 aromatic carbocycles. The van der Waals surface area contributed by atoms with Gasteiger partial charge >= 0.3 is 0 Å². The number of nitrogens with zero attached hydrogens (tertiary/aromatic N) is 4. The molecule has 7 nitrogen and oxygen atoms in total. The number of nitrogens with one attached hydrogen (secondary N) is 1. The number of aromatic nitrogens is 4. The maximum atomic E-state index is 5.90. The summed E-state index contributed by atoms with van der Waals surface area (Å²) in [4.78, 5) is 11.5. The zero-order valence-corrected chi connectivity index (χ0v) is 15.7. The third-order valence-corrected chi connectivity index (χ3v) is 4.62. The van der Waals surface area contributed by atoms with Crippen LogP contribution >= 0.6 is 0 Å². The highest BCUT2D eigenvalue weighted by molar-refractivity contribution is 5.41. The monoisotopic (exact) mass is 345 g/mol. The second kappa shape index (κ2) is 7.49. The number of aryl methyl sites for hydroxylation is 1. The number of ether oxygens (including phenoxy) is 2. The average Bonchev–Trinajstić information content (AvgIpc) is 3.09. The molecule has 25 heavy (non-hydrogen) atoms. The third-order valence-electron chi connectivity index (χ3n) is 4.62. The largest absolute Gasteiger partial charge is 0.496 e. The molecule has 1 aliphatic heterocycles. The van der Waals surface area contributed by atoms with E-state index < -0.39 is 0 Å². The van der Waals surface area contributed by atoms with E-state index in [1.165, 1.54) is 0 Å². The lowest BCUT2D eigenvalue weighted by Gasteiger charge is -2.32. The van der Waals surface area contributed by atoms with E-state index in [2.05, 4.69) is 45.8 Å². The number of methoxy groups -OCH3 is 1. The van der Waals surface area contributed by atoms with E-state index in [4.69, 9.17) is 9.47 Å². The number of aromatic amines is 1. The minimum absolute atomic E-state index is 0.0820. The van der Waals surface area contributed by atoms with Crippen molar-refractivity contribution in [2.45, 2.75) is 46.3 Å². The first kappa shape index (κ1) is 17.8. The van der Waals surface area contributed by atoms with Gasteiger partial charge in [0, 0.05) is 42.9 Å². The molecule has 1 fully saturated rings. The van der Waals surface area contributed by atoms with E-state index in [-0.39, 0.29) is 6.10 Å². The summed E-state index contributed by atoms with van der Waals surface area (Å²) in [7, 11) is 1.71. The van der Waals surface area contributed by atoms with Gasteiger partial charge in [-0.05, 0) is 13.8 Å². The predicted molar refractivity (Wildman–Crippen MR) is 94.7 cm³/mol. The lowest BCUT2D eigenvalue weighted by Crippen LogP contribution is -2.38. The van der Waals surface area contributed by atoms with Crippen LogP contribution < -0.4 is 4.74 Å². The van der Waals surface area contributed by atoms with Crippen molar-refractivity contribution in [2.75, 3.05) is 26.8 Å². The maximum Gasteiger partial charge on any atom is 0.155 e. The second-order valence-electron chi connectivity index (χ2n) is 6.87. The van der Waals surface area contributed by atoms with Crippen molar-refractivity contribution in [1.29, 1.82) is 0 Å². The smallest absolute Gasteiger partial charge is 0.155 e.